The van der Waals surface area contributed by atoms with Gasteiger partial charge in [-0.3, -0.25) is 4.79 Å². The van der Waals surface area contributed by atoms with Crippen molar-refractivity contribution < 1.29 is 19.4 Å². The van der Waals surface area contributed by atoms with E-state index in [4.69, 9.17) is 0 Å². The van der Waals surface area contributed by atoms with E-state index in [0.29, 0.717) is 17.8 Å². The molecule has 0 bridgehead atoms. The average molecular weight is 289 g/mol. The van der Waals surface area contributed by atoms with Gasteiger partial charge in [-0.05, 0) is 43.3 Å². The average Bonchev–Trinajstić information content (AvgIpc) is 2.47. The first kappa shape index (κ1) is 14.8. The van der Waals surface area contributed by atoms with Gasteiger partial charge in [0.1, 0.15) is 5.82 Å². The molecule has 0 unspecified atom stereocenters. The third-order valence-electron chi connectivity index (χ3n) is 3.19. The second-order valence-electron chi connectivity index (χ2n) is 4.62. The Hall–Kier alpha value is -2.56. The van der Waals surface area contributed by atoms with Gasteiger partial charge >= 0.3 is 0 Å². The van der Waals surface area contributed by atoms with Gasteiger partial charge in [0, 0.05) is 17.8 Å². The van der Waals surface area contributed by atoms with Crippen molar-refractivity contribution in [3.05, 3.63) is 53.8 Å². The summed E-state index contributed by atoms with van der Waals surface area (Å²) in [5.41, 5.74) is 0.911. The molecule has 0 saturated carbocycles. The number of rotatable bonds is 5. The van der Waals surface area contributed by atoms with Crippen LogP contribution in [0.5, 0.6) is 11.5 Å². The van der Waals surface area contributed by atoms with Crippen molar-refractivity contribution in [3.63, 3.8) is 0 Å². The summed E-state index contributed by atoms with van der Waals surface area (Å²) in [6.45, 7) is 2.47. The summed E-state index contributed by atoms with van der Waals surface area (Å²) in [5, 5.41) is 18.7. The van der Waals surface area contributed by atoms with Gasteiger partial charge in [-0.15, -0.1) is 0 Å². The minimum Gasteiger partial charge on any atom is -0.504 e. The van der Waals surface area contributed by atoms with Crippen LogP contribution in [0.2, 0.25) is 0 Å². The fraction of sp³-hybridized carbons (Fsp3) is 0.188. The van der Waals surface area contributed by atoms with E-state index in [2.05, 4.69) is 0 Å². The number of carbonyl (C=O) groups excluding carboxylic acids is 1. The van der Waals surface area contributed by atoms with E-state index < -0.39 is 0 Å². The predicted octanol–water partition coefficient (Wildman–Crippen LogP) is 2.95. The van der Waals surface area contributed by atoms with Gasteiger partial charge in [-0.1, -0.05) is 6.07 Å². The van der Waals surface area contributed by atoms with Crippen LogP contribution in [0.1, 0.15) is 17.3 Å². The largest absolute Gasteiger partial charge is 0.504 e. The number of phenols is 2. The van der Waals surface area contributed by atoms with E-state index in [0.717, 1.165) is 0 Å². The van der Waals surface area contributed by atoms with Crippen molar-refractivity contribution in [1.29, 1.82) is 0 Å². The Kier molecular flexibility index (Phi) is 4.42. The molecule has 0 aliphatic carbocycles. The first-order valence-corrected chi connectivity index (χ1v) is 6.57. The normalized spacial score (nSPS) is 10.4. The van der Waals surface area contributed by atoms with Gasteiger partial charge in [0.05, 0.1) is 6.54 Å². The van der Waals surface area contributed by atoms with Crippen LogP contribution in [0, 0.1) is 5.82 Å². The van der Waals surface area contributed by atoms with Crippen LogP contribution in [0.15, 0.2) is 42.5 Å². The maximum atomic E-state index is 13.2. The molecule has 0 heterocycles. The molecule has 0 aliphatic heterocycles. The van der Waals surface area contributed by atoms with E-state index in [1.165, 1.54) is 30.3 Å². The molecule has 110 valence electrons. The highest BCUT2D eigenvalue weighted by Crippen LogP contribution is 2.25. The Labute approximate surface area is 122 Å². The molecule has 21 heavy (non-hydrogen) atoms. The third-order valence-corrected chi connectivity index (χ3v) is 3.19. The lowest BCUT2D eigenvalue weighted by Crippen LogP contribution is -2.29. The lowest BCUT2D eigenvalue weighted by molar-refractivity contribution is 0.0999. The summed E-state index contributed by atoms with van der Waals surface area (Å²) >= 11 is 0. The number of hydrogen-bond donors (Lipinski definition) is 2. The highest BCUT2D eigenvalue weighted by molar-refractivity contribution is 5.99. The zero-order valence-electron chi connectivity index (χ0n) is 11.6. The van der Waals surface area contributed by atoms with Crippen molar-refractivity contribution >= 4 is 11.5 Å². The summed E-state index contributed by atoms with van der Waals surface area (Å²) in [5.74, 6) is -1.20. The maximum absolute atomic E-state index is 13.2. The number of ketones is 1. The van der Waals surface area contributed by atoms with Gasteiger partial charge in [0.2, 0.25) is 0 Å². The zero-order chi connectivity index (χ0) is 15.4. The SMILES string of the molecule is CCN(CC(=O)c1ccc(O)c(O)c1)c1cccc(F)c1. The molecule has 4 nitrogen and oxygen atoms in total. The number of phenolic OH excluding ortho intramolecular Hbond substituents is 2. The second-order valence-corrected chi connectivity index (χ2v) is 4.62. The molecule has 2 N–H and O–H groups in total. The van der Waals surface area contributed by atoms with E-state index in [1.807, 2.05) is 6.92 Å². The Morgan fingerprint density at radius 2 is 1.90 bits per heavy atom. The minimum absolute atomic E-state index is 0.0597. The van der Waals surface area contributed by atoms with Gasteiger partial charge in [0.15, 0.2) is 17.3 Å². The standard InChI is InChI=1S/C16H16FNO3/c1-2-18(13-5-3-4-12(17)9-13)10-16(21)11-6-7-14(19)15(20)8-11/h3-9,19-20H,2,10H2,1H3. The summed E-state index contributed by atoms with van der Waals surface area (Å²) in [7, 11) is 0. The molecule has 0 spiro atoms. The van der Waals surface area contributed by atoms with Gasteiger partial charge < -0.3 is 15.1 Å². The van der Waals surface area contributed by atoms with Crippen molar-refractivity contribution in [1.82, 2.24) is 0 Å². The van der Waals surface area contributed by atoms with Crippen LogP contribution in [0.3, 0.4) is 0 Å². The van der Waals surface area contributed by atoms with Crippen molar-refractivity contribution in [2.45, 2.75) is 6.92 Å². The molecular weight excluding hydrogens is 273 g/mol. The van der Waals surface area contributed by atoms with Gasteiger partial charge in [-0.25, -0.2) is 4.39 Å². The fourth-order valence-electron chi connectivity index (χ4n) is 2.02. The smallest absolute Gasteiger partial charge is 0.182 e. The highest BCUT2D eigenvalue weighted by atomic mass is 19.1. The summed E-state index contributed by atoms with van der Waals surface area (Å²) in [6.07, 6.45) is 0. The van der Waals surface area contributed by atoms with Crippen LogP contribution in [0.25, 0.3) is 0 Å². The van der Waals surface area contributed by atoms with Crippen LogP contribution < -0.4 is 4.90 Å². The molecule has 2 aromatic rings. The number of hydrogen-bond acceptors (Lipinski definition) is 4. The Morgan fingerprint density at radius 1 is 1.14 bits per heavy atom. The molecule has 5 heteroatoms. The predicted molar refractivity (Wildman–Crippen MR) is 78.4 cm³/mol. The Balaban J connectivity index is 2.18. The number of anilines is 1. The second kappa shape index (κ2) is 6.26. The topological polar surface area (TPSA) is 60.8 Å². The lowest BCUT2D eigenvalue weighted by Gasteiger charge is -2.22. The lowest BCUT2D eigenvalue weighted by atomic mass is 10.1. The first-order chi connectivity index (χ1) is 10.0. The number of aromatic hydroxyl groups is 2. The van der Waals surface area contributed by atoms with Gasteiger partial charge in [0.25, 0.3) is 0 Å². The van der Waals surface area contributed by atoms with E-state index in [1.54, 1.807) is 17.0 Å². The first-order valence-electron chi connectivity index (χ1n) is 6.57. The van der Waals surface area contributed by atoms with Crippen LogP contribution in [-0.4, -0.2) is 29.1 Å². The van der Waals surface area contributed by atoms with Gasteiger partial charge in [-0.2, -0.15) is 0 Å². The molecule has 0 radical (unpaired) electrons. The monoisotopic (exact) mass is 289 g/mol. The summed E-state index contributed by atoms with van der Waals surface area (Å²) in [6, 6.07) is 9.95. The number of carbonyl (C=O) groups is 1. The number of nitrogens with zero attached hydrogens (tertiary/aromatic N) is 1. The zero-order valence-corrected chi connectivity index (χ0v) is 11.6. The Bertz CT molecular complexity index is 658. The minimum atomic E-state index is -0.360. The third kappa shape index (κ3) is 3.51. The van der Waals surface area contributed by atoms with E-state index in [-0.39, 0.29) is 29.6 Å². The summed E-state index contributed by atoms with van der Waals surface area (Å²) in [4.78, 5) is 13.9. The maximum Gasteiger partial charge on any atom is 0.182 e. The van der Waals surface area contributed by atoms with Crippen LogP contribution >= 0.6 is 0 Å². The van der Waals surface area contributed by atoms with Crippen LogP contribution in [0.4, 0.5) is 10.1 Å². The molecule has 0 saturated heterocycles. The van der Waals surface area contributed by atoms with Crippen LogP contribution in [-0.2, 0) is 0 Å². The molecule has 2 rings (SSSR count). The fourth-order valence-corrected chi connectivity index (χ4v) is 2.02. The highest BCUT2D eigenvalue weighted by Gasteiger charge is 2.14. The van der Waals surface area contributed by atoms with Crippen molar-refractivity contribution in [3.8, 4) is 11.5 Å². The quantitative estimate of drug-likeness (QED) is 0.656. The molecule has 0 amide bonds. The summed E-state index contributed by atoms with van der Waals surface area (Å²) < 4.78 is 13.2. The number of benzene rings is 2. The molecule has 0 aliphatic rings. The van der Waals surface area contributed by atoms with Crippen molar-refractivity contribution in [2.24, 2.45) is 0 Å². The molecule has 0 fully saturated rings. The van der Waals surface area contributed by atoms with Crippen molar-refractivity contribution in [2.75, 3.05) is 18.0 Å². The van der Waals surface area contributed by atoms with E-state index in [9.17, 15) is 19.4 Å². The van der Waals surface area contributed by atoms with E-state index >= 15 is 0 Å². The molecular formula is C16H16FNO3. The number of Topliss-reactive ketones (excluding diaryl/α,β-unsaturated/α-hetero) is 1. The number of likely N-dealkylation sites (N-methyl/N-ethyl adjacent to an activating group) is 1. The molecule has 0 aromatic heterocycles. The molecule has 0 atom stereocenters. The molecule has 2 aromatic carbocycles. The Morgan fingerprint density at radius 3 is 2.52 bits per heavy atom. The number of halogens is 1.